The molecule has 0 aliphatic heterocycles. The van der Waals surface area contributed by atoms with Gasteiger partial charge in [0.05, 0.1) is 10.4 Å². The van der Waals surface area contributed by atoms with E-state index >= 15 is 0 Å². The predicted octanol–water partition coefficient (Wildman–Crippen LogP) is 7.34. The zero-order chi connectivity index (χ0) is 23.6. The zero-order valence-corrected chi connectivity index (χ0v) is 18.9. The highest BCUT2D eigenvalue weighted by atomic mass is 32.1. The van der Waals surface area contributed by atoms with E-state index in [0.717, 1.165) is 58.7 Å². The number of nitrogens with zero attached hydrogens (tertiary/aromatic N) is 1. The molecule has 1 heterocycles. The van der Waals surface area contributed by atoms with Crippen LogP contribution in [0.15, 0.2) is 48.7 Å². The zero-order valence-electron chi connectivity index (χ0n) is 18.1. The van der Waals surface area contributed by atoms with Gasteiger partial charge in [-0.1, -0.05) is 38.3 Å². The van der Waals surface area contributed by atoms with Crippen LogP contribution in [0, 0.1) is 0 Å². The summed E-state index contributed by atoms with van der Waals surface area (Å²) in [7, 11) is 0. The summed E-state index contributed by atoms with van der Waals surface area (Å²) in [4.78, 5) is 16.4. The number of halogens is 3. The van der Waals surface area contributed by atoms with E-state index < -0.39 is 18.8 Å². The minimum Gasteiger partial charge on any atom is -0.484 e. The molecule has 2 aromatic carbocycles. The fourth-order valence-corrected chi connectivity index (χ4v) is 5.26. The largest absolute Gasteiger partial charge is 0.484 e. The Balaban J connectivity index is 1.67. The third kappa shape index (κ3) is 5.38. The number of ether oxygens (including phenoxy) is 1. The van der Waals surface area contributed by atoms with Crippen LogP contribution in [0.4, 0.5) is 13.2 Å². The van der Waals surface area contributed by atoms with Crippen molar-refractivity contribution in [2.75, 3.05) is 6.61 Å². The Hall–Kier alpha value is -2.87. The van der Waals surface area contributed by atoms with E-state index in [0.29, 0.717) is 0 Å². The Morgan fingerprint density at radius 1 is 1.09 bits per heavy atom. The number of thiazole rings is 1. The van der Waals surface area contributed by atoms with Crippen LogP contribution in [0.3, 0.4) is 0 Å². The fourth-order valence-electron chi connectivity index (χ4n) is 4.34. The second kappa shape index (κ2) is 9.17. The quantitative estimate of drug-likeness (QED) is 0.405. The van der Waals surface area contributed by atoms with Crippen molar-refractivity contribution < 1.29 is 27.8 Å². The van der Waals surface area contributed by atoms with Gasteiger partial charge >= 0.3 is 12.1 Å². The second-order valence-corrected chi connectivity index (χ2v) is 9.68. The highest BCUT2D eigenvalue weighted by Crippen LogP contribution is 2.45. The normalized spacial score (nSPS) is 15.9. The third-order valence-electron chi connectivity index (χ3n) is 6.15. The lowest BCUT2D eigenvalue weighted by atomic mass is 9.70. The topological polar surface area (TPSA) is 59.4 Å². The number of carboxylic acids is 1. The molecule has 33 heavy (non-hydrogen) atoms. The van der Waals surface area contributed by atoms with Gasteiger partial charge in [0.25, 0.3) is 0 Å². The molecule has 4 rings (SSSR count). The summed E-state index contributed by atoms with van der Waals surface area (Å²) >= 11 is 1.45. The van der Waals surface area contributed by atoms with E-state index in [1.807, 2.05) is 6.07 Å². The third-order valence-corrected chi connectivity index (χ3v) is 7.24. The number of alkyl halides is 3. The molecule has 1 aromatic heterocycles. The van der Waals surface area contributed by atoms with Gasteiger partial charge < -0.3 is 9.84 Å². The monoisotopic (exact) mass is 475 g/mol. The lowest BCUT2D eigenvalue weighted by molar-refractivity contribution is -0.153. The molecule has 1 aliphatic rings. The molecule has 1 N–H and O–H groups in total. The smallest absolute Gasteiger partial charge is 0.422 e. The summed E-state index contributed by atoms with van der Waals surface area (Å²) in [5.74, 6) is -0.701. The highest BCUT2D eigenvalue weighted by Gasteiger charge is 2.34. The van der Waals surface area contributed by atoms with E-state index in [-0.39, 0.29) is 16.7 Å². The summed E-state index contributed by atoms with van der Waals surface area (Å²) in [6, 6.07) is 11.9. The van der Waals surface area contributed by atoms with Crippen LogP contribution in [0.25, 0.3) is 21.0 Å². The Kier molecular flexibility index (Phi) is 6.47. The summed E-state index contributed by atoms with van der Waals surface area (Å²) in [5, 5.41) is 9.81. The first kappa shape index (κ1) is 23.3. The van der Waals surface area contributed by atoms with Gasteiger partial charge in [-0.15, -0.1) is 11.3 Å². The minimum absolute atomic E-state index is 0.204. The number of hydrogen-bond acceptors (Lipinski definition) is 4. The Morgan fingerprint density at radius 2 is 1.76 bits per heavy atom. The molecular weight excluding hydrogens is 451 g/mol. The SMILES string of the molecule is CC1(c2cc(-c3cnc(-c4ccc(C(=O)O)cc4)s3)ccc2OCC(F)(F)F)CCCCC1. The van der Waals surface area contributed by atoms with E-state index in [9.17, 15) is 18.0 Å². The van der Waals surface area contributed by atoms with Crippen molar-refractivity contribution in [3.63, 3.8) is 0 Å². The van der Waals surface area contributed by atoms with Gasteiger partial charge in [0.15, 0.2) is 6.61 Å². The van der Waals surface area contributed by atoms with Crippen LogP contribution in [0.1, 0.15) is 54.9 Å². The van der Waals surface area contributed by atoms with Crippen LogP contribution >= 0.6 is 11.3 Å². The van der Waals surface area contributed by atoms with E-state index in [1.165, 1.54) is 23.5 Å². The molecule has 0 radical (unpaired) electrons. The van der Waals surface area contributed by atoms with Crippen molar-refractivity contribution in [2.45, 2.75) is 50.6 Å². The van der Waals surface area contributed by atoms with Crippen LogP contribution in [0.5, 0.6) is 5.75 Å². The van der Waals surface area contributed by atoms with Crippen molar-refractivity contribution in [2.24, 2.45) is 0 Å². The van der Waals surface area contributed by atoms with Gasteiger partial charge in [-0.25, -0.2) is 9.78 Å². The van der Waals surface area contributed by atoms with Gasteiger partial charge in [-0.3, -0.25) is 0 Å². The number of rotatable bonds is 6. The van der Waals surface area contributed by atoms with E-state index in [4.69, 9.17) is 9.84 Å². The molecular formula is C25H24F3NO3S. The minimum atomic E-state index is -4.40. The average Bonchev–Trinajstić information content (AvgIpc) is 3.28. The maximum absolute atomic E-state index is 12.8. The number of benzene rings is 2. The van der Waals surface area contributed by atoms with Crippen LogP contribution in [-0.2, 0) is 5.41 Å². The molecule has 0 atom stereocenters. The molecule has 0 saturated heterocycles. The molecule has 174 valence electrons. The second-order valence-electron chi connectivity index (χ2n) is 8.65. The molecule has 0 spiro atoms. The van der Waals surface area contributed by atoms with Gasteiger partial charge in [0.1, 0.15) is 10.8 Å². The first-order valence-corrected chi connectivity index (χ1v) is 11.6. The van der Waals surface area contributed by atoms with Crippen molar-refractivity contribution in [3.8, 4) is 26.8 Å². The number of carbonyl (C=O) groups is 1. The first-order valence-electron chi connectivity index (χ1n) is 10.8. The number of hydrogen-bond donors (Lipinski definition) is 1. The Labute approximate surface area is 194 Å². The fraction of sp³-hybridized carbons (Fsp3) is 0.360. The summed E-state index contributed by atoms with van der Waals surface area (Å²) in [6.07, 6.45) is 2.36. The molecule has 1 saturated carbocycles. The van der Waals surface area contributed by atoms with Crippen molar-refractivity contribution in [1.29, 1.82) is 0 Å². The number of aromatic carboxylic acids is 1. The number of aromatic nitrogens is 1. The standard InChI is InChI=1S/C25H24F3NO3S/c1-24(11-3-2-4-12-24)19-13-18(9-10-20(19)32-15-25(26,27)28)21-14-29-22(33-21)16-5-7-17(8-6-16)23(30)31/h5-10,13-14H,2-4,11-12,15H2,1H3,(H,30,31). The van der Waals surface area contributed by atoms with Gasteiger partial charge in [0, 0.05) is 17.3 Å². The molecule has 4 nitrogen and oxygen atoms in total. The molecule has 3 aromatic rings. The maximum Gasteiger partial charge on any atom is 0.422 e. The molecule has 1 fully saturated rings. The van der Waals surface area contributed by atoms with Crippen molar-refractivity contribution in [1.82, 2.24) is 4.98 Å². The molecule has 0 unspecified atom stereocenters. The van der Waals surface area contributed by atoms with Gasteiger partial charge in [0.2, 0.25) is 0 Å². The maximum atomic E-state index is 12.8. The summed E-state index contributed by atoms with van der Waals surface area (Å²) in [6.45, 7) is 0.792. The van der Waals surface area contributed by atoms with E-state index in [2.05, 4.69) is 11.9 Å². The van der Waals surface area contributed by atoms with Crippen LogP contribution in [-0.4, -0.2) is 28.8 Å². The van der Waals surface area contributed by atoms with Crippen LogP contribution < -0.4 is 4.74 Å². The van der Waals surface area contributed by atoms with Gasteiger partial charge in [-0.05, 0) is 54.2 Å². The average molecular weight is 476 g/mol. The predicted molar refractivity (Wildman–Crippen MR) is 122 cm³/mol. The Morgan fingerprint density at radius 3 is 2.39 bits per heavy atom. The van der Waals surface area contributed by atoms with Crippen molar-refractivity contribution in [3.05, 3.63) is 59.8 Å². The van der Waals surface area contributed by atoms with Crippen molar-refractivity contribution >= 4 is 17.3 Å². The molecule has 0 amide bonds. The summed E-state index contributed by atoms with van der Waals surface area (Å²) < 4.78 is 43.7. The molecule has 0 bridgehead atoms. The Bertz CT molecular complexity index is 1130. The molecule has 1 aliphatic carbocycles. The lowest BCUT2D eigenvalue weighted by Crippen LogP contribution is -2.27. The number of carboxylic acid groups (broad SMARTS) is 1. The van der Waals surface area contributed by atoms with E-state index in [1.54, 1.807) is 30.5 Å². The highest BCUT2D eigenvalue weighted by molar-refractivity contribution is 7.18. The van der Waals surface area contributed by atoms with Crippen LogP contribution in [0.2, 0.25) is 0 Å². The van der Waals surface area contributed by atoms with Gasteiger partial charge in [-0.2, -0.15) is 13.2 Å². The first-order chi connectivity index (χ1) is 15.6. The summed E-state index contributed by atoms with van der Waals surface area (Å²) in [5.41, 5.74) is 2.46. The molecule has 8 heteroatoms. The lowest BCUT2D eigenvalue weighted by Gasteiger charge is -2.35.